The van der Waals surface area contributed by atoms with Gasteiger partial charge in [0.1, 0.15) is 29.7 Å². The van der Waals surface area contributed by atoms with E-state index in [0.717, 1.165) is 23.8 Å². The van der Waals surface area contributed by atoms with E-state index in [9.17, 15) is 18.0 Å². The number of hydrogen-bond acceptors (Lipinski definition) is 6. The van der Waals surface area contributed by atoms with Crippen molar-refractivity contribution in [1.82, 2.24) is 10.2 Å². The van der Waals surface area contributed by atoms with E-state index in [1.165, 1.54) is 5.56 Å². The molecule has 1 saturated heterocycles. The Kier molecular flexibility index (Phi) is 9.93. The summed E-state index contributed by atoms with van der Waals surface area (Å²) in [5.41, 5.74) is 1.87. The lowest BCUT2D eigenvalue weighted by molar-refractivity contribution is -0.151. The summed E-state index contributed by atoms with van der Waals surface area (Å²) in [6.45, 7) is 8.39. The Labute approximate surface area is 251 Å². The Morgan fingerprint density at radius 2 is 1.65 bits per heavy atom. The third kappa shape index (κ3) is 7.70. The van der Waals surface area contributed by atoms with Crippen LogP contribution in [0.25, 0.3) is 0 Å². The molecule has 0 spiro atoms. The van der Waals surface area contributed by atoms with Crippen LogP contribution >= 0.6 is 0 Å². The number of likely N-dealkylation sites (tertiary alicyclic amines) is 1. The Bertz CT molecular complexity index is 1360. The highest BCUT2D eigenvalue weighted by atomic mass is 19.1. The van der Waals surface area contributed by atoms with Crippen molar-refractivity contribution in [3.63, 3.8) is 0 Å². The Morgan fingerprint density at radius 1 is 0.977 bits per heavy atom. The molecule has 230 valence electrons. The average molecular weight is 597 g/mol. The third-order valence-corrected chi connectivity index (χ3v) is 8.23. The molecule has 3 aromatic rings. The topological polar surface area (TPSA) is 60.0 Å². The smallest absolute Gasteiger partial charge is 0.347 e. The second kappa shape index (κ2) is 13.8. The van der Waals surface area contributed by atoms with E-state index in [1.807, 2.05) is 48.5 Å². The molecule has 1 unspecified atom stereocenters. The fourth-order valence-electron chi connectivity index (χ4n) is 5.77. The van der Waals surface area contributed by atoms with Gasteiger partial charge in [-0.2, -0.15) is 0 Å². The Balaban J connectivity index is 1.04. The molecule has 6 nitrogen and oxygen atoms in total. The van der Waals surface area contributed by atoms with Crippen LogP contribution in [0, 0.1) is 23.5 Å². The first kappa shape index (κ1) is 30.9. The molecule has 1 heterocycles. The van der Waals surface area contributed by atoms with Gasteiger partial charge < -0.3 is 19.5 Å². The molecular formula is C34H39F3N2O4. The van der Waals surface area contributed by atoms with Gasteiger partial charge in [-0.15, -0.1) is 0 Å². The van der Waals surface area contributed by atoms with Crippen molar-refractivity contribution in [2.24, 2.45) is 11.8 Å². The van der Waals surface area contributed by atoms with E-state index < -0.39 is 30.0 Å². The van der Waals surface area contributed by atoms with Crippen LogP contribution < -0.4 is 14.8 Å². The fourth-order valence-corrected chi connectivity index (χ4v) is 5.77. The second-order valence-corrected chi connectivity index (χ2v) is 11.5. The number of nitrogens with zero attached hydrogens (tertiary/aromatic N) is 1. The molecule has 5 atom stereocenters. The molecule has 3 aromatic carbocycles. The van der Waals surface area contributed by atoms with Crippen LogP contribution in [0.3, 0.4) is 0 Å². The number of alkyl halides is 1. The molecule has 1 N–H and O–H groups in total. The summed E-state index contributed by atoms with van der Waals surface area (Å²) in [5.74, 6) is 0.537. The average Bonchev–Trinajstić information content (AvgIpc) is 3.44. The monoisotopic (exact) mass is 596 g/mol. The second-order valence-electron chi connectivity index (χ2n) is 11.5. The summed E-state index contributed by atoms with van der Waals surface area (Å²) in [6.07, 6.45) is -2.05. The van der Waals surface area contributed by atoms with E-state index >= 15 is 0 Å². The first-order chi connectivity index (χ1) is 20.7. The normalized spacial score (nSPS) is 20.9. The van der Waals surface area contributed by atoms with Crippen LogP contribution in [0.2, 0.25) is 0 Å². The number of esters is 1. The number of nitrogens with one attached hydrogen (secondary N) is 1. The lowest BCUT2D eigenvalue weighted by Crippen LogP contribution is -2.34. The number of ether oxygens (including phenoxy) is 3. The lowest BCUT2D eigenvalue weighted by atomic mass is 10.0. The van der Waals surface area contributed by atoms with Gasteiger partial charge >= 0.3 is 5.97 Å². The van der Waals surface area contributed by atoms with Crippen molar-refractivity contribution >= 4 is 5.97 Å². The van der Waals surface area contributed by atoms with Crippen molar-refractivity contribution in [2.75, 3.05) is 32.8 Å². The minimum absolute atomic E-state index is 0.245. The van der Waals surface area contributed by atoms with Crippen molar-refractivity contribution in [2.45, 2.75) is 51.6 Å². The lowest BCUT2D eigenvalue weighted by Gasteiger charge is -2.24. The van der Waals surface area contributed by atoms with E-state index in [2.05, 4.69) is 19.2 Å². The highest BCUT2D eigenvalue weighted by Crippen LogP contribution is 2.48. The molecule has 1 aliphatic carbocycles. The predicted molar refractivity (Wildman–Crippen MR) is 158 cm³/mol. The van der Waals surface area contributed by atoms with Gasteiger partial charge in [-0.1, -0.05) is 38.1 Å². The van der Waals surface area contributed by atoms with Crippen LogP contribution in [-0.4, -0.2) is 55.9 Å². The van der Waals surface area contributed by atoms with Crippen molar-refractivity contribution in [3.8, 4) is 11.5 Å². The molecule has 0 aromatic heterocycles. The van der Waals surface area contributed by atoms with Crippen molar-refractivity contribution < 1.29 is 32.2 Å². The van der Waals surface area contributed by atoms with Gasteiger partial charge in [0.2, 0.25) is 0 Å². The Hall–Kier alpha value is -3.56. The third-order valence-electron chi connectivity index (χ3n) is 8.23. The highest BCUT2D eigenvalue weighted by Gasteiger charge is 2.56. The zero-order valence-electron chi connectivity index (χ0n) is 24.8. The molecule has 2 aliphatic rings. The number of piperidine rings is 1. The largest absolute Gasteiger partial charge is 0.492 e. The van der Waals surface area contributed by atoms with Crippen LogP contribution in [0.5, 0.6) is 11.5 Å². The molecule has 9 heteroatoms. The standard InChI is InChI=1S/C34H39F3N2O4/c1-4-41-34(40)31(43-26-12-7-23(8-13-26)21(2)3)17-22-5-10-25(11-6-22)42-16-15-38-32-28-19-39(20-29(28)32)33(37)27-18-24(35)9-14-30(27)36/h5-14,18,21,28-29,31-33,38H,4,15-17,19-20H2,1-3H3/t28-,29+,31-,32+,33?/m0/s1. The number of carbonyl (C=O) groups is 1. The number of halogens is 3. The molecule has 0 bridgehead atoms. The maximum absolute atomic E-state index is 14.9. The molecular weight excluding hydrogens is 557 g/mol. The van der Waals surface area contributed by atoms with Crippen LogP contribution in [0.15, 0.2) is 66.7 Å². The quantitative estimate of drug-likeness (QED) is 0.136. The summed E-state index contributed by atoms with van der Waals surface area (Å²) in [5, 5.41) is 3.47. The first-order valence-corrected chi connectivity index (χ1v) is 14.9. The molecule has 1 aliphatic heterocycles. The van der Waals surface area contributed by atoms with Gasteiger partial charge in [0.05, 0.1) is 6.61 Å². The molecule has 2 fully saturated rings. The van der Waals surface area contributed by atoms with Gasteiger partial charge in [0, 0.05) is 37.7 Å². The maximum atomic E-state index is 14.9. The summed E-state index contributed by atoms with van der Waals surface area (Å²) < 4.78 is 59.5. The minimum atomic E-state index is -1.65. The van der Waals surface area contributed by atoms with E-state index in [1.54, 1.807) is 11.8 Å². The van der Waals surface area contributed by atoms with Crippen LogP contribution in [-0.2, 0) is 16.0 Å². The molecule has 1 saturated carbocycles. The maximum Gasteiger partial charge on any atom is 0.347 e. The number of hydrogen-bond donors (Lipinski definition) is 1. The van der Waals surface area contributed by atoms with Crippen LogP contribution in [0.4, 0.5) is 13.2 Å². The van der Waals surface area contributed by atoms with E-state index in [4.69, 9.17) is 14.2 Å². The number of carbonyl (C=O) groups excluding carboxylic acids is 1. The van der Waals surface area contributed by atoms with Gasteiger partial charge in [-0.05, 0) is 78.3 Å². The minimum Gasteiger partial charge on any atom is -0.492 e. The fraction of sp³-hybridized carbons (Fsp3) is 0.441. The number of fused-ring (bicyclic) bond motifs is 1. The summed E-state index contributed by atoms with van der Waals surface area (Å²) in [7, 11) is 0. The first-order valence-electron chi connectivity index (χ1n) is 14.9. The molecule has 0 amide bonds. The highest BCUT2D eigenvalue weighted by molar-refractivity contribution is 5.75. The summed E-state index contributed by atoms with van der Waals surface area (Å²) in [6, 6.07) is 18.5. The van der Waals surface area contributed by atoms with Crippen LogP contribution in [0.1, 0.15) is 49.7 Å². The SMILES string of the molecule is CCOC(=O)[C@H](Cc1ccc(OCCN[C@H]2[C@@H]3CN(C(F)c4cc(F)ccc4F)C[C@@H]32)cc1)Oc1ccc(C(C)C)cc1. The zero-order chi connectivity index (χ0) is 30.5. The predicted octanol–water partition coefficient (Wildman–Crippen LogP) is 6.21. The summed E-state index contributed by atoms with van der Waals surface area (Å²) >= 11 is 0. The summed E-state index contributed by atoms with van der Waals surface area (Å²) in [4.78, 5) is 14.2. The van der Waals surface area contributed by atoms with Gasteiger partial charge in [-0.25, -0.2) is 18.0 Å². The van der Waals surface area contributed by atoms with Gasteiger partial charge in [0.25, 0.3) is 0 Å². The number of benzene rings is 3. The number of rotatable bonds is 14. The molecule has 43 heavy (non-hydrogen) atoms. The van der Waals surface area contributed by atoms with E-state index in [0.29, 0.717) is 50.1 Å². The van der Waals surface area contributed by atoms with Crippen molar-refractivity contribution in [3.05, 3.63) is 95.1 Å². The zero-order valence-corrected chi connectivity index (χ0v) is 24.8. The Morgan fingerprint density at radius 3 is 2.30 bits per heavy atom. The van der Waals surface area contributed by atoms with Crippen molar-refractivity contribution in [1.29, 1.82) is 0 Å². The van der Waals surface area contributed by atoms with Gasteiger partial charge in [-0.3, -0.25) is 4.90 Å². The van der Waals surface area contributed by atoms with E-state index in [-0.39, 0.29) is 30.0 Å². The van der Waals surface area contributed by atoms with Gasteiger partial charge in [0.15, 0.2) is 12.4 Å². The molecule has 5 rings (SSSR count). The molecule has 0 radical (unpaired) electrons.